The van der Waals surface area contributed by atoms with Gasteiger partial charge in [0.15, 0.2) is 0 Å². The number of carbonyl (C=O) groups is 2. The molecule has 5 aliphatic carbocycles. The minimum absolute atomic E-state index is 0.127. The summed E-state index contributed by atoms with van der Waals surface area (Å²) >= 11 is 0. The molecular weight excluding hydrogens is 368 g/mol. The van der Waals surface area contributed by atoms with E-state index in [-0.39, 0.29) is 35.3 Å². The maximum absolute atomic E-state index is 13.7. The zero-order chi connectivity index (χ0) is 21.2. The second-order valence-corrected chi connectivity index (χ2v) is 11.6. The average molecular weight is 407 g/mol. The number of aliphatic hydroxyl groups is 1. The molecule has 0 spiro atoms. The zero-order valence-corrected chi connectivity index (χ0v) is 18.8. The third-order valence-corrected chi connectivity index (χ3v) is 8.95. The lowest BCUT2D eigenvalue weighted by atomic mass is 9.42. The Morgan fingerprint density at radius 3 is 2.31 bits per heavy atom. The first-order valence-corrected chi connectivity index (χ1v) is 11.4. The number of hydrogen-bond donors (Lipinski definition) is 1. The highest BCUT2D eigenvalue weighted by molar-refractivity contribution is 5.86. The second kappa shape index (κ2) is 6.78. The van der Waals surface area contributed by atoms with Crippen molar-refractivity contribution in [3.05, 3.63) is 0 Å². The van der Waals surface area contributed by atoms with E-state index in [2.05, 4.69) is 20.8 Å². The normalized spacial score (nSPS) is 46.6. The number of esters is 1. The van der Waals surface area contributed by atoms with Crippen LogP contribution in [0.2, 0.25) is 0 Å². The van der Waals surface area contributed by atoms with Crippen molar-refractivity contribution in [1.29, 1.82) is 0 Å². The Hall–Kier alpha value is -0.940. The molecule has 29 heavy (non-hydrogen) atoms. The highest BCUT2D eigenvalue weighted by Crippen LogP contribution is 2.67. The summed E-state index contributed by atoms with van der Waals surface area (Å²) in [7, 11) is 1.72. The summed E-state index contributed by atoms with van der Waals surface area (Å²) in [5, 5.41) is 11.2. The van der Waals surface area contributed by atoms with Gasteiger partial charge in [-0.15, -0.1) is 0 Å². The van der Waals surface area contributed by atoms with Crippen molar-refractivity contribution in [2.75, 3.05) is 7.11 Å². The predicted octanol–water partition coefficient (Wildman–Crippen LogP) is 4.05. The standard InChI is InChI=1S/C24H38O5/c1-15-6-7-18(21(3,4)28-5)19(8-15)29-20(26)23-10-17-9-22(12-23,16(2)25)13-24(27,11-17)14-23/h15,17-19,27H,6-14H2,1-5H3. The summed E-state index contributed by atoms with van der Waals surface area (Å²) in [6.07, 6.45) is 6.59. The van der Waals surface area contributed by atoms with Crippen LogP contribution in [-0.2, 0) is 19.1 Å². The van der Waals surface area contributed by atoms with Crippen molar-refractivity contribution >= 4 is 11.8 Å². The summed E-state index contributed by atoms with van der Waals surface area (Å²) in [6, 6.07) is 0. The molecule has 5 nitrogen and oxygen atoms in total. The van der Waals surface area contributed by atoms with Gasteiger partial charge in [0.25, 0.3) is 0 Å². The molecule has 7 unspecified atom stereocenters. The van der Waals surface area contributed by atoms with Crippen molar-refractivity contribution < 1.29 is 24.2 Å². The SMILES string of the molecule is COC(C)(C)C1CCC(C)CC1OC(=O)C12CC3CC(O)(CC(C(C)=O)(C3)C1)C2. The van der Waals surface area contributed by atoms with Crippen molar-refractivity contribution in [1.82, 2.24) is 0 Å². The van der Waals surface area contributed by atoms with E-state index in [1.807, 2.05) is 0 Å². The van der Waals surface area contributed by atoms with Crippen LogP contribution in [0.5, 0.6) is 0 Å². The lowest BCUT2D eigenvalue weighted by molar-refractivity contribution is -0.222. The molecule has 7 atom stereocenters. The Bertz CT molecular complexity index is 701. The first-order valence-electron chi connectivity index (χ1n) is 11.4. The molecule has 5 saturated carbocycles. The van der Waals surface area contributed by atoms with E-state index in [1.54, 1.807) is 14.0 Å². The highest BCUT2D eigenvalue weighted by atomic mass is 16.5. The van der Waals surface area contributed by atoms with E-state index < -0.39 is 16.4 Å². The van der Waals surface area contributed by atoms with E-state index >= 15 is 0 Å². The number of carbonyl (C=O) groups excluding carboxylic acids is 2. The van der Waals surface area contributed by atoms with Crippen molar-refractivity contribution in [3.8, 4) is 0 Å². The molecule has 0 aromatic rings. The largest absolute Gasteiger partial charge is 0.462 e. The van der Waals surface area contributed by atoms with Gasteiger partial charge in [-0.1, -0.05) is 13.3 Å². The summed E-state index contributed by atoms with van der Waals surface area (Å²) in [5.74, 6) is 0.861. The minimum Gasteiger partial charge on any atom is -0.462 e. The van der Waals surface area contributed by atoms with E-state index in [4.69, 9.17) is 9.47 Å². The molecule has 0 aromatic carbocycles. The zero-order valence-electron chi connectivity index (χ0n) is 18.8. The summed E-state index contributed by atoms with van der Waals surface area (Å²) in [5.41, 5.74) is -2.50. The van der Waals surface area contributed by atoms with E-state index in [9.17, 15) is 14.7 Å². The Kier molecular flexibility index (Phi) is 4.98. The molecule has 4 bridgehead atoms. The maximum Gasteiger partial charge on any atom is 0.312 e. The Morgan fingerprint density at radius 1 is 1.03 bits per heavy atom. The van der Waals surface area contributed by atoms with Crippen LogP contribution in [0.3, 0.4) is 0 Å². The van der Waals surface area contributed by atoms with Crippen LogP contribution in [0.1, 0.15) is 85.5 Å². The lowest BCUT2D eigenvalue weighted by Gasteiger charge is -2.63. The smallest absolute Gasteiger partial charge is 0.312 e. The van der Waals surface area contributed by atoms with Crippen LogP contribution in [-0.4, -0.2) is 41.3 Å². The van der Waals surface area contributed by atoms with Gasteiger partial charge < -0.3 is 14.6 Å². The topological polar surface area (TPSA) is 72.8 Å². The molecule has 0 aromatic heterocycles. The molecule has 5 fully saturated rings. The number of methoxy groups -OCH3 is 1. The molecule has 5 rings (SSSR count). The Labute approximate surface area is 174 Å². The van der Waals surface area contributed by atoms with Gasteiger partial charge in [0.2, 0.25) is 0 Å². The molecule has 0 amide bonds. The average Bonchev–Trinajstić information content (AvgIpc) is 2.59. The Morgan fingerprint density at radius 2 is 1.69 bits per heavy atom. The number of hydrogen-bond acceptors (Lipinski definition) is 5. The fourth-order valence-corrected chi connectivity index (χ4v) is 7.68. The van der Waals surface area contributed by atoms with Gasteiger partial charge in [0.1, 0.15) is 11.9 Å². The third-order valence-electron chi connectivity index (χ3n) is 8.95. The molecule has 1 N–H and O–H groups in total. The van der Waals surface area contributed by atoms with Crippen LogP contribution in [0.4, 0.5) is 0 Å². The van der Waals surface area contributed by atoms with Gasteiger partial charge in [-0.25, -0.2) is 0 Å². The minimum atomic E-state index is -0.894. The fraction of sp³-hybridized carbons (Fsp3) is 0.917. The molecule has 5 heteroatoms. The van der Waals surface area contributed by atoms with Gasteiger partial charge in [-0.05, 0) is 84.0 Å². The van der Waals surface area contributed by atoms with Crippen LogP contribution in [0.25, 0.3) is 0 Å². The lowest BCUT2D eigenvalue weighted by Crippen LogP contribution is -2.64. The maximum atomic E-state index is 13.7. The van der Waals surface area contributed by atoms with Gasteiger partial charge in [0.05, 0.1) is 16.6 Å². The molecule has 164 valence electrons. The summed E-state index contributed by atoms with van der Waals surface area (Å²) in [4.78, 5) is 26.2. The van der Waals surface area contributed by atoms with Crippen LogP contribution < -0.4 is 0 Å². The monoisotopic (exact) mass is 406 g/mol. The second-order valence-electron chi connectivity index (χ2n) is 11.6. The fourth-order valence-electron chi connectivity index (χ4n) is 7.68. The third kappa shape index (κ3) is 3.46. The highest BCUT2D eigenvalue weighted by Gasteiger charge is 2.67. The van der Waals surface area contributed by atoms with E-state index in [1.165, 1.54) is 0 Å². The number of Topliss-reactive ketones (excluding diaryl/α,β-unsaturated/α-hetero) is 1. The van der Waals surface area contributed by atoms with Crippen LogP contribution in [0.15, 0.2) is 0 Å². The first-order chi connectivity index (χ1) is 13.4. The van der Waals surface area contributed by atoms with Gasteiger partial charge >= 0.3 is 5.97 Å². The van der Waals surface area contributed by atoms with Crippen molar-refractivity contribution in [3.63, 3.8) is 0 Å². The van der Waals surface area contributed by atoms with Crippen molar-refractivity contribution in [2.45, 2.75) is 103 Å². The molecule has 0 radical (unpaired) electrons. The molecule has 5 aliphatic rings. The van der Waals surface area contributed by atoms with Gasteiger partial charge in [0, 0.05) is 18.4 Å². The van der Waals surface area contributed by atoms with Crippen molar-refractivity contribution in [2.24, 2.45) is 28.6 Å². The summed E-state index contributed by atoms with van der Waals surface area (Å²) in [6.45, 7) is 8.00. The van der Waals surface area contributed by atoms with Gasteiger partial charge in [-0.2, -0.15) is 0 Å². The number of rotatable bonds is 5. The van der Waals surface area contributed by atoms with Crippen LogP contribution in [0, 0.1) is 28.6 Å². The van der Waals surface area contributed by atoms with Crippen LogP contribution >= 0.6 is 0 Å². The number of ketones is 1. The first kappa shape index (κ1) is 21.3. The number of ether oxygens (including phenoxy) is 2. The van der Waals surface area contributed by atoms with E-state index in [0.29, 0.717) is 25.2 Å². The van der Waals surface area contributed by atoms with E-state index in [0.717, 1.165) is 38.5 Å². The quantitative estimate of drug-likeness (QED) is 0.697. The molecular formula is C24H38O5. The molecule has 0 heterocycles. The Balaban J connectivity index is 1.59. The predicted molar refractivity (Wildman–Crippen MR) is 109 cm³/mol. The summed E-state index contributed by atoms with van der Waals surface area (Å²) < 4.78 is 12.0. The van der Waals surface area contributed by atoms with Gasteiger partial charge in [-0.3, -0.25) is 9.59 Å². The molecule has 0 saturated heterocycles. The molecule has 0 aliphatic heterocycles.